The molecule has 0 aliphatic carbocycles. The van der Waals surface area contributed by atoms with Gasteiger partial charge in [-0.2, -0.15) is 0 Å². The van der Waals surface area contributed by atoms with Crippen molar-refractivity contribution in [3.63, 3.8) is 0 Å². The molecule has 0 saturated carbocycles. The summed E-state index contributed by atoms with van der Waals surface area (Å²) < 4.78 is 10.1. The first-order valence-electron chi connectivity index (χ1n) is 4.94. The van der Waals surface area contributed by atoms with Gasteiger partial charge in [-0.05, 0) is 27.7 Å². The van der Waals surface area contributed by atoms with Crippen molar-refractivity contribution in [3.8, 4) is 0 Å². The zero-order valence-corrected chi connectivity index (χ0v) is 10.2. The first kappa shape index (κ1) is 14.6. The van der Waals surface area contributed by atoms with Crippen molar-refractivity contribution < 1.29 is 19.5 Å². The van der Waals surface area contributed by atoms with Crippen LogP contribution in [0.15, 0.2) is 12.1 Å². The molecule has 0 unspecified atom stereocenters. The average Bonchev–Trinajstić information content (AvgIpc) is 2.01. The molecule has 0 aliphatic heterocycles. The van der Waals surface area contributed by atoms with Crippen molar-refractivity contribution in [2.75, 3.05) is 13.7 Å². The fourth-order valence-electron chi connectivity index (χ4n) is 0.754. The fraction of sp³-hybridized carbons (Fsp3) is 0.800. The Morgan fingerprint density at radius 2 is 1.80 bits per heavy atom. The normalized spacial score (nSPS) is 13.5. The van der Waals surface area contributed by atoms with Crippen molar-refractivity contribution in [2.24, 2.45) is 0 Å². The molecule has 0 bridgehead atoms. The summed E-state index contributed by atoms with van der Waals surface area (Å²) in [5.41, 5.74) is -1.85. The molecule has 0 saturated heterocycles. The number of methoxy groups -OCH3 is 1. The van der Waals surface area contributed by atoms with Crippen LogP contribution in [-0.4, -0.2) is 42.2 Å². The van der Waals surface area contributed by atoms with Gasteiger partial charge in [0.15, 0.2) is 0 Å². The molecule has 0 atom stereocenters. The minimum Gasteiger partial charge on any atom is -0.423 e. The molecule has 0 spiro atoms. The van der Waals surface area contributed by atoms with Gasteiger partial charge in [0.25, 0.3) is 0 Å². The highest BCUT2D eigenvalue weighted by Gasteiger charge is 2.38. The Balaban J connectivity index is 4.22. The van der Waals surface area contributed by atoms with E-state index in [0.717, 1.165) is 0 Å². The molecule has 0 aromatic heterocycles. The summed E-state index contributed by atoms with van der Waals surface area (Å²) in [6.07, 6.45) is 1.66. The van der Waals surface area contributed by atoms with E-state index in [0.29, 0.717) is 6.61 Å². The molecule has 0 amide bonds. The van der Waals surface area contributed by atoms with Crippen LogP contribution in [0.3, 0.4) is 0 Å². The monoisotopic (exact) mass is 216 g/mol. The minimum atomic E-state index is -1.04. The molecule has 5 heteroatoms. The SMILES string of the molecule is COCC=CB(O)OC(C)(C)C(C)(C)O. The predicted molar refractivity (Wildman–Crippen MR) is 60.5 cm³/mol. The van der Waals surface area contributed by atoms with E-state index >= 15 is 0 Å². The highest BCUT2D eigenvalue weighted by Crippen LogP contribution is 2.25. The number of ether oxygens (including phenoxy) is 1. The van der Waals surface area contributed by atoms with Crippen LogP contribution < -0.4 is 0 Å². The maximum atomic E-state index is 9.78. The number of hydrogen-bond acceptors (Lipinski definition) is 4. The second-order valence-electron chi connectivity index (χ2n) is 4.46. The van der Waals surface area contributed by atoms with E-state index in [-0.39, 0.29) is 0 Å². The van der Waals surface area contributed by atoms with Gasteiger partial charge in [-0.15, -0.1) is 0 Å². The lowest BCUT2D eigenvalue weighted by Crippen LogP contribution is -2.50. The van der Waals surface area contributed by atoms with Crippen LogP contribution >= 0.6 is 0 Å². The molecule has 0 fully saturated rings. The number of rotatable bonds is 6. The standard InChI is InChI=1S/C10H21BO4/c1-9(2,12)10(3,4)15-11(13)7-6-8-14-5/h6-7,12-13H,8H2,1-5H3. The van der Waals surface area contributed by atoms with E-state index in [1.54, 1.807) is 40.9 Å². The highest BCUT2D eigenvalue weighted by molar-refractivity contribution is 6.49. The lowest BCUT2D eigenvalue weighted by Gasteiger charge is -2.38. The van der Waals surface area contributed by atoms with E-state index in [9.17, 15) is 10.1 Å². The van der Waals surface area contributed by atoms with E-state index in [1.165, 1.54) is 5.98 Å². The third kappa shape index (κ3) is 5.32. The Morgan fingerprint density at radius 1 is 1.27 bits per heavy atom. The lowest BCUT2D eigenvalue weighted by atomic mass is 9.83. The first-order valence-corrected chi connectivity index (χ1v) is 4.94. The van der Waals surface area contributed by atoms with Gasteiger partial charge in [-0.1, -0.05) is 12.1 Å². The van der Waals surface area contributed by atoms with Crippen LogP contribution in [0, 0.1) is 0 Å². The Hall–Kier alpha value is -0.355. The molecular formula is C10H21BO4. The van der Waals surface area contributed by atoms with Crippen LogP contribution in [0.1, 0.15) is 27.7 Å². The number of aliphatic hydroxyl groups is 1. The third-order valence-electron chi connectivity index (χ3n) is 2.45. The van der Waals surface area contributed by atoms with Crippen LogP contribution in [0.25, 0.3) is 0 Å². The Labute approximate surface area is 92.0 Å². The molecule has 0 heterocycles. The summed E-state index contributed by atoms with van der Waals surface area (Å²) in [4.78, 5) is 0. The van der Waals surface area contributed by atoms with Gasteiger partial charge in [-0.25, -0.2) is 0 Å². The minimum absolute atomic E-state index is 0.420. The average molecular weight is 216 g/mol. The van der Waals surface area contributed by atoms with Gasteiger partial charge in [0.05, 0.1) is 17.8 Å². The summed E-state index contributed by atoms with van der Waals surface area (Å²) in [6, 6.07) is 0. The summed E-state index contributed by atoms with van der Waals surface area (Å²) in [5, 5.41) is 19.3. The Morgan fingerprint density at radius 3 is 2.20 bits per heavy atom. The van der Waals surface area contributed by atoms with E-state index in [4.69, 9.17) is 9.39 Å². The second-order valence-corrected chi connectivity index (χ2v) is 4.46. The highest BCUT2D eigenvalue weighted by atomic mass is 16.5. The molecule has 0 aliphatic rings. The maximum Gasteiger partial charge on any atom is 0.483 e. The Bertz CT molecular complexity index is 208. The van der Waals surface area contributed by atoms with Crippen molar-refractivity contribution in [1.29, 1.82) is 0 Å². The van der Waals surface area contributed by atoms with Gasteiger partial charge in [-0.3, -0.25) is 0 Å². The first-order chi connectivity index (χ1) is 6.70. The summed E-state index contributed by atoms with van der Waals surface area (Å²) in [7, 11) is 0.528. The quantitative estimate of drug-likeness (QED) is 0.644. The van der Waals surface area contributed by atoms with Gasteiger partial charge in [0.1, 0.15) is 0 Å². The zero-order chi connectivity index (χ0) is 12.1. The van der Waals surface area contributed by atoms with Crippen molar-refractivity contribution in [2.45, 2.75) is 38.9 Å². The molecule has 15 heavy (non-hydrogen) atoms. The second kappa shape index (κ2) is 5.65. The van der Waals surface area contributed by atoms with Gasteiger partial charge < -0.3 is 19.5 Å². The summed E-state index contributed by atoms with van der Waals surface area (Å²) in [6.45, 7) is 7.14. The predicted octanol–water partition coefficient (Wildman–Crippen LogP) is 0.775. The van der Waals surface area contributed by atoms with Crippen LogP contribution in [0.2, 0.25) is 0 Å². The van der Waals surface area contributed by atoms with E-state index < -0.39 is 18.3 Å². The topological polar surface area (TPSA) is 58.9 Å². The summed E-state index contributed by atoms with van der Waals surface area (Å²) in [5.74, 6) is 1.48. The lowest BCUT2D eigenvalue weighted by molar-refractivity contribution is -0.0985. The molecule has 4 nitrogen and oxygen atoms in total. The van der Waals surface area contributed by atoms with Crippen LogP contribution in [0.4, 0.5) is 0 Å². The largest absolute Gasteiger partial charge is 0.483 e. The van der Waals surface area contributed by atoms with Crippen LogP contribution in [0.5, 0.6) is 0 Å². The third-order valence-corrected chi connectivity index (χ3v) is 2.45. The van der Waals surface area contributed by atoms with Gasteiger partial charge in [0, 0.05) is 7.11 Å². The maximum absolute atomic E-state index is 9.78. The molecule has 0 radical (unpaired) electrons. The van der Waals surface area contributed by atoms with Crippen molar-refractivity contribution >= 4 is 7.12 Å². The molecule has 88 valence electrons. The van der Waals surface area contributed by atoms with E-state index in [1.807, 2.05) is 0 Å². The zero-order valence-electron chi connectivity index (χ0n) is 10.2. The molecule has 0 rings (SSSR count). The smallest absolute Gasteiger partial charge is 0.423 e. The molecular weight excluding hydrogens is 195 g/mol. The van der Waals surface area contributed by atoms with E-state index in [2.05, 4.69) is 0 Å². The fourth-order valence-corrected chi connectivity index (χ4v) is 0.754. The Kier molecular flexibility index (Phi) is 5.52. The number of hydrogen-bond donors (Lipinski definition) is 2. The van der Waals surface area contributed by atoms with Crippen molar-refractivity contribution in [3.05, 3.63) is 12.1 Å². The molecule has 2 N–H and O–H groups in total. The van der Waals surface area contributed by atoms with Crippen molar-refractivity contribution in [1.82, 2.24) is 0 Å². The molecule has 0 aromatic rings. The molecule has 0 aromatic carbocycles. The van der Waals surface area contributed by atoms with Crippen LogP contribution in [-0.2, 0) is 9.39 Å². The van der Waals surface area contributed by atoms with Gasteiger partial charge in [0.2, 0.25) is 0 Å². The van der Waals surface area contributed by atoms with Gasteiger partial charge >= 0.3 is 7.12 Å². The summed E-state index contributed by atoms with van der Waals surface area (Å²) >= 11 is 0.